The highest BCUT2D eigenvalue weighted by atomic mass is 19.4. The first-order chi connectivity index (χ1) is 19.8. The average Bonchev–Trinajstić information content (AvgIpc) is 2.92. The molecule has 0 spiro atoms. The second-order valence-corrected chi connectivity index (χ2v) is 8.83. The van der Waals surface area contributed by atoms with Gasteiger partial charge >= 0.3 is 18.3 Å². The molecule has 0 saturated carbocycles. The van der Waals surface area contributed by atoms with Crippen LogP contribution >= 0.6 is 0 Å². The molecule has 2 N–H and O–H groups in total. The molecule has 0 bridgehead atoms. The number of nitrogens with one attached hydrogen (secondary N) is 1. The summed E-state index contributed by atoms with van der Waals surface area (Å²) in [6.45, 7) is -0.145. The van der Waals surface area contributed by atoms with E-state index in [1.165, 1.54) is 21.4 Å². The van der Waals surface area contributed by atoms with Gasteiger partial charge < -0.3 is 24.6 Å². The molecule has 10 nitrogen and oxygen atoms in total. The third-order valence-corrected chi connectivity index (χ3v) is 5.69. The Morgan fingerprint density at radius 3 is 2.17 bits per heavy atom. The molecule has 4 rings (SSSR count). The number of alkyl halides is 3. The van der Waals surface area contributed by atoms with Crippen LogP contribution in [0, 0.1) is 18.6 Å². The third kappa shape index (κ3) is 10.5. The minimum atomic E-state index is -3.67. The van der Waals surface area contributed by atoms with Crippen LogP contribution in [0.25, 0.3) is 0 Å². The normalized spacial score (nSPS) is 12.5. The van der Waals surface area contributed by atoms with Crippen molar-refractivity contribution in [2.45, 2.75) is 20.1 Å². The molecule has 3 aromatic rings. The molecule has 2 heterocycles. The van der Waals surface area contributed by atoms with Crippen LogP contribution in [0.5, 0.6) is 0 Å². The first-order valence-electron chi connectivity index (χ1n) is 12.4. The zero-order valence-corrected chi connectivity index (χ0v) is 22.7. The number of hydrogen-bond acceptors (Lipinski definition) is 6. The average molecular weight is 601 g/mol. The van der Waals surface area contributed by atoms with E-state index >= 15 is 0 Å². The van der Waals surface area contributed by atoms with E-state index in [9.17, 15) is 41.1 Å². The minimum absolute atomic E-state index is 0.269. The zero-order valence-electron chi connectivity index (χ0n) is 22.7. The highest BCUT2D eigenvalue weighted by Gasteiger charge is 2.21. The maximum Gasteiger partial charge on any atom is 0.379 e. The van der Waals surface area contributed by atoms with Gasteiger partial charge in [0.2, 0.25) is 0 Å². The van der Waals surface area contributed by atoms with Crippen molar-refractivity contribution in [2.24, 2.45) is 7.05 Å². The highest BCUT2D eigenvalue weighted by Crippen LogP contribution is 2.23. The van der Waals surface area contributed by atoms with Crippen molar-refractivity contribution in [3.8, 4) is 0 Å². The first kappa shape index (κ1) is 33.7. The van der Waals surface area contributed by atoms with Crippen LogP contribution in [0.15, 0.2) is 58.3 Å². The zero-order chi connectivity index (χ0) is 31.4. The Balaban J connectivity index is 0.000000265. The molecule has 1 fully saturated rings. The Hall–Kier alpha value is -4.53. The standard InChI is InChI=1S/C13H14F2N2O4.C13H14N2O2.CHF3/c14-9-5-8(17-1-3-21-4-2-17)6-10(15)12(9)13(20)16-7-11(18)19;1-10-4-3-5-11(8-10)9-15-12(16)6-7-14(2)13(15)17;2-1(3)4/h5-6H,1-4,7H2,(H,16,20)(H,18,19);3-8H,9H2,1-2H3;1H. The Morgan fingerprint density at radius 2 is 1.62 bits per heavy atom. The number of ether oxygens (including phenoxy) is 1. The Labute approximate surface area is 236 Å². The van der Waals surface area contributed by atoms with Crippen molar-refractivity contribution >= 4 is 17.6 Å². The van der Waals surface area contributed by atoms with Gasteiger partial charge in [-0.3, -0.25) is 19.0 Å². The molecule has 228 valence electrons. The summed E-state index contributed by atoms with van der Waals surface area (Å²) in [5, 5.41) is 10.4. The number of benzene rings is 2. The number of carboxylic acid groups (broad SMARTS) is 1. The van der Waals surface area contributed by atoms with Gasteiger partial charge in [-0.05, 0) is 24.6 Å². The lowest BCUT2D eigenvalue weighted by Gasteiger charge is -2.29. The van der Waals surface area contributed by atoms with Crippen LogP contribution in [0.4, 0.5) is 27.6 Å². The summed E-state index contributed by atoms with van der Waals surface area (Å²) in [4.78, 5) is 47.1. The predicted octanol–water partition coefficient (Wildman–Crippen LogP) is 2.70. The summed E-state index contributed by atoms with van der Waals surface area (Å²) in [6, 6.07) is 11.3. The van der Waals surface area contributed by atoms with Gasteiger partial charge in [-0.1, -0.05) is 29.8 Å². The van der Waals surface area contributed by atoms with E-state index in [2.05, 4.69) is 0 Å². The van der Waals surface area contributed by atoms with E-state index in [-0.39, 0.29) is 11.2 Å². The fraction of sp³-hybridized carbons (Fsp3) is 0.333. The molecule has 0 atom stereocenters. The summed E-state index contributed by atoms with van der Waals surface area (Å²) < 4.78 is 64.6. The molecule has 0 unspecified atom stereocenters. The number of amides is 1. The van der Waals surface area contributed by atoms with Gasteiger partial charge in [0.05, 0.1) is 19.8 Å². The summed E-state index contributed by atoms with van der Waals surface area (Å²) >= 11 is 0. The molecule has 1 aliphatic rings. The van der Waals surface area contributed by atoms with Gasteiger partial charge in [-0.15, -0.1) is 0 Å². The summed E-state index contributed by atoms with van der Waals surface area (Å²) in [6.07, 6.45) is 1.48. The fourth-order valence-electron chi connectivity index (χ4n) is 3.78. The number of aliphatic carboxylic acids is 1. The molecule has 1 aromatic heterocycles. The van der Waals surface area contributed by atoms with Crippen molar-refractivity contribution in [2.75, 3.05) is 37.7 Å². The lowest BCUT2D eigenvalue weighted by molar-refractivity contribution is -0.135. The second kappa shape index (κ2) is 16.0. The lowest BCUT2D eigenvalue weighted by Crippen LogP contribution is -2.38. The van der Waals surface area contributed by atoms with Crippen LogP contribution < -0.4 is 21.5 Å². The molecule has 15 heteroatoms. The highest BCUT2D eigenvalue weighted by molar-refractivity contribution is 5.96. The molecular formula is C27H29F5N4O6. The lowest BCUT2D eigenvalue weighted by atomic mass is 10.1. The molecule has 1 amide bonds. The van der Waals surface area contributed by atoms with Gasteiger partial charge in [0.1, 0.15) is 23.7 Å². The number of anilines is 1. The fourth-order valence-corrected chi connectivity index (χ4v) is 3.78. The van der Waals surface area contributed by atoms with Crippen molar-refractivity contribution < 1.29 is 41.4 Å². The molecule has 1 aliphatic heterocycles. The van der Waals surface area contributed by atoms with Crippen LogP contribution in [0.1, 0.15) is 21.5 Å². The summed E-state index contributed by atoms with van der Waals surface area (Å²) in [7, 11) is 1.63. The van der Waals surface area contributed by atoms with Crippen LogP contribution in [0.2, 0.25) is 0 Å². The van der Waals surface area contributed by atoms with Crippen molar-refractivity contribution in [1.82, 2.24) is 14.5 Å². The number of carbonyl (C=O) groups excluding carboxylic acids is 1. The van der Waals surface area contributed by atoms with E-state index in [4.69, 9.17) is 9.84 Å². The van der Waals surface area contributed by atoms with Gasteiger partial charge in [-0.2, -0.15) is 13.2 Å². The maximum absolute atomic E-state index is 13.9. The number of halogens is 5. The smallest absolute Gasteiger partial charge is 0.379 e. The SMILES string of the molecule is Cc1cccc(Cn2c(=O)ccn(C)c2=O)c1.FC(F)F.O=C(O)CNC(=O)c1c(F)cc(N2CCOCC2)cc1F. The van der Waals surface area contributed by atoms with Crippen LogP contribution in [-0.4, -0.2) is 65.6 Å². The van der Waals surface area contributed by atoms with Gasteiger partial charge in [0, 0.05) is 38.1 Å². The number of carbonyl (C=O) groups is 2. The molecule has 0 radical (unpaired) electrons. The molecule has 0 aliphatic carbocycles. The number of aryl methyl sites for hydroxylation is 2. The Morgan fingerprint density at radius 1 is 1.02 bits per heavy atom. The first-order valence-corrected chi connectivity index (χ1v) is 12.4. The number of morpholine rings is 1. The van der Waals surface area contributed by atoms with E-state index in [1.54, 1.807) is 11.9 Å². The van der Waals surface area contributed by atoms with Gasteiger partial charge in [0.15, 0.2) is 0 Å². The van der Waals surface area contributed by atoms with Gasteiger partial charge in [-0.25, -0.2) is 13.6 Å². The van der Waals surface area contributed by atoms with Crippen molar-refractivity contribution in [3.05, 3.63) is 97.8 Å². The molecular weight excluding hydrogens is 571 g/mol. The summed E-state index contributed by atoms with van der Waals surface area (Å²) in [5.41, 5.74) is 1.05. The molecule has 42 heavy (non-hydrogen) atoms. The number of rotatable bonds is 6. The Kier molecular flexibility index (Phi) is 12.9. The van der Waals surface area contributed by atoms with Crippen molar-refractivity contribution in [3.63, 3.8) is 0 Å². The number of hydrogen-bond donors (Lipinski definition) is 2. The van der Waals surface area contributed by atoms with Gasteiger partial charge in [0.25, 0.3) is 11.5 Å². The molecule has 2 aromatic carbocycles. The van der Waals surface area contributed by atoms with E-state index < -0.39 is 42.3 Å². The maximum atomic E-state index is 13.9. The monoisotopic (exact) mass is 600 g/mol. The quantitative estimate of drug-likeness (QED) is 0.418. The van der Waals surface area contributed by atoms with E-state index in [0.717, 1.165) is 23.3 Å². The van der Waals surface area contributed by atoms with E-state index in [0.29, 0.717) is 38.5 Å². The Bertz CT molecular complexity index is 1460. The number of aromatic nitrogens is 2. The van der Waals surface area contributed by atoms with Crippen LogP contribution in [-0.2, 0) is 23.1 Å². The van der Waals surface area contributed by atoms with Crippen LogP contribution in [0.3, 0.4) is 0 Å². The largest absolute Gasteiger partial charge is 0.480 e. The third-order valence-electron chi connectivity index (χ3n) is 5.69. The summed E-state index contributed by atoms with van der Waals surface area (Å²) in [5.74, 6) is -4.45. The second-order valence-electron chi connectivity index (χ2n) is 8.83. The minimum Gasteiger partial charge on any atom is -0.480 e. The van der Waals surface area contributed by atoms with Crippen molar-refractivity contribution in [1.29, 1.82) is 0 Å². The number of carboxylic acids is 1. The topological polar surface area (TPSA) is 123 Å². The molecule has 1 saturated heterocycles. The predicted molar refractivity (Wildman–Crippen MR) is 143 cm³/mol. The number of nitrogens with zero attached hydrogens (tertiary/aromatic N) is 3. The van der Waals surface area contributed by atoms with E-state index in [1.807, 2.05) is 36.5 Å².